The number of benzene rings is 1. The van der Waals surface area contributed by atoms with Gasteiger partial charge < -0.3 is 9.84 Å². The third-order valence-corrected chi connectivity index (χ3v) is 2.43. The summed E-state index contributed by atoms with van der Waals surface area (Å²) in [5.74, 6) is -0.719. The molecule has 1 atom stereocenters. The number of ketones is 1. The van der Waals surface area contributed by atoms with Gasteiger partial charge in [-0.2, -0.15) is 0 Å². The first-order valence-electron chi connectivity index (χ1n) is 5.06. The van der Waals surface area contributed by atoms with Crippen LogP contribution in [0.5, 0.6) is 0 Å². The summed E-state index contributed by atoms with van der Waals surface area (Å²) < 4.78 is 4.63. The molecule has 1 aromatic rings. The number of rotatable bonds is 2. The molecule has 1 aliphatic rings. The molecular formula is C13H10O4. The molecule has 0 spiro atoms. The zero-order valence-electron chi connectivity index (χ0n) is 8.87. The largest absolute Gasteiger partial charge is 0.511 e. The van der Waals surface area contributed by atoms with Crippen molar-refractivity contribution in [1.29, 1.82) is 0 Å². The van der Waals surface area contributed by atoms with Crippen molar-refractivity contribution in [3.05, 3.63) is 59.9 Å². The van der Waals surface area contributed by atoms with Gasteiger partial charge in [-0.05, 0) is 17.7 Å². The van der Waals surface area contributed by atoms with Crippen LogP contribution in [-0.4, -0.2) is 17.0 Å². The van der Waals surface area contributed by atoms with Gasteiger partial charge in [0.25, 0.3) is 0 Å². The normalized spacial score (nSPS) is 18.7. The van der Waals surface area contributed by atoms with Crippen molar-refractivity contribution in [2.75, 3.05) is 0 Å². The standard InChI is InChI=1S/C13H10O4/c14-10-7-4-8-11(17-13(15)16)12(10)9-5-2-1-3-6-9/h1-8,12H,(H,15,16). The van der Waals surface area contributed by atoms with Crippen molar-refractivity contribution in [3.63, 3.8) is 0 Å². The Morgan fingerprint density at radius 2 is 1.94 bits per heavy atom. The quantitative estimate of drug-likeness (QED) is 0.793. The summed E-state index contributed by atoms with van der Waals surface area (Å²) in [5.41, 5.74) is 0.717. The number of carboxylic acid groups (broad SMARTS) is 1. The van der Waals surface area contributed by atoms with Crippen LogP contribution in [0.25, 0.3) is 0 Å². The number of carbonyl (C=O) groups excluding carboxylic acids is 1. The molecule has 0 amide bonds. The first-order chi connectivity index (χ1) is 8.18. The lowest BCUT2D eigenvalue weighted by Crippen LogP contribution is -2.18. The number of hydrogen-bond acceptors (Lipinski definition) is 3. The Hall–Kier alpha value is -2.36. The van der Waals surface area contributed by atoms with Crippen LogP contribution < -0.4 is 0 Å². The highest BCUT2D eigenvalue weighted by Crippen LogP contribution is 2.29. The zero-order valence-corrected chi connectivity index (χ0v) is 8.87. The van der Waals surface area contributed by atoms with Crippen molar-refractivity contribution in [2.24, 2.45) is 0 Å². The Morgan fingerprint density at radius 1 is 1.24 bits per heavy atom. The molecule has 1 aromatic carbocycles. The van der Waals surface area contributed by atoms with Crippen LogP contribution in [0.3, 0.4) is 0 Å². The third kappa shape index (κ3) is 2.42. The molecule has 1 N–H and O–H groups in total. The van der Waals surface area contributed by atoms with Crippen LogP contribution in [-0.2, 0) is 9.53 Å². The van der Waals surface area contributed by atoms with E-state index in [2.05, 4.69) is 4.74 Å². The van der Waals surface area contributed by atoms with Gasteiger partial charge in [-0.3, -0.25) is 4.79 Å². The van der Waals surface area contributed by atoms with E-state index in [-0.39, 0.29) is 11.5 Å². The second-order valence-electron chi connectivity index (χ2n) is 3.54. The predicted molar refractivity (Wildman–Crippen MR) is 60.5 cm³/mol. The molecule has 0 saturated carbocycles. The first kappa shape index (κ1) is 11.1. The Kier molecular flexibility index (Phi) is 3.05. The fraction of sp³-hybridized carbons (Fsp3) is 0.0769. The van der Waals surface area contributed by atoms with E-state index in [1.54, 1.807) is 24.3 Å². The van der Waals surface area contributed by atoms with Crippen LogP contribution in [0.1, 0.15) is 11.5 Å². The van der Waals surface area contributed by atoms with Gasteiger partial charge in [0.15, 0.2) is 5.78 Å². The molecule has 0 bridgehead atoms. The van der Waals surface area contributed by atoms with Gasteiger partial charge in [-0.25, -0.2) is 4.79 Å². The molecule has 0 aromatic heterocycles. The number of hydrogen-bond donors (Lipinski definition) is 1. The summed E-state index contributed by atoms with van der Waals surface area (Å²) in [5, 5.41) is 8.62. The van der Waals surface area contributed by atoms with E-state index in [0.29, 0.717) is 5.56 Å². The Bertz CT molecular complexity index is 499. The van der Waals surface area contributed by atoms with E-state index < -0.39 is 12.1 Å². The maximum Gasteiger partial charge on any atom is 0.511 e. The Labute approximate surface area is 97.8 Å². The lowest BCUT2D eigenvalue weighted by molar-refractivity contribution is -0.115. The summed E-state index contributed by atoms with van der Waals surface area (Å²) in [6, 6.07) is 8.94. The molecule has 86 valence electrons. The fourth-order valence-electron chi connectivity index (χ4n) is 1.74. The van der Waals surface area contributed by atoms with Crippen LogP contribution >= 0.6 is 0 Å². The SMILES string of the molecule is O=C(O)OC1=CC=CC(=O)C1c1ccccc1. The summed E-state index contributed by atoms with van der Waals surface area (Å²) in [6.45, 7) is 0. The second-order valence-corrected chi connectivity index (χ2v) is 3.54. The number of allylic oxidation sites excluding steroid dienone is 4. The van der Waals surface area contributed by atoms with E-state index in [4.69, 9.17) is 5.11 Å². The van der Waals surface area contributed by atoms with E-state index in [0.717, 1.165) is 0 Å². The van der Waals surface area contributed by atoms with Gasteiger partial charge in [0, 0.05) is 0 Å². The third-order valence-electron chi connectivity index (χ3n) is 2.43. The minimum Gasteiger partial charge on any atom is -0.449 e. The highest BCUT2D eigenvalue weighted by atomic mass is 16.7. The van der Waals surface area contributed by atoms with Gasteiger partial charge in [0.1, 0.15) is 11.7 Å². The minimum atomic E-state index is -1.42. The lowest BCUT2D eigenvalue weighted by Gasteiger charge is -2.18. The molecule has 0 radical (unpaired) electrons. The molecule has 4 heteroatoms. The molecule has 0 fully saturated rings. The smallest absolute Gasteiger partial charge is 0.449 e. The van der Waals surface area contributed by atoms with Crippen LogP contribution in [0.2, 0.25) is 0 Å². The highest BCUT2D eigenvalue weighted by Gasteiger charge is 2.27. The van der Waals surface area contributed by atoms with Gasteiger partial charge in [-0.1, -0.05) is 36.4 Å². The van der Waals surface area contributed by atoms with Gasteiger partial charge in [0.2, 0.25) is 0 Å². The molecule has 0 aliphatic heterocycles. The van der Waals surface area contributed by atoms with E-state index in [1.165, 1.54) is 18.2 Å². The number of ether oxygens (including phenoxy) is 1. The minimum absolute atomic E-state index is 0.135. The summed E-state index contributed by atoms with van der Waals surface area (Å²) >= 11 is 0. The van der Waals surface area contributed by atoms with Crippen LogP contribution in [0.15, 0.2) is 54.3 Å². The second kappa shape index (κ2) is 4.65. The molecule has 1 aliphatic carbocycles. The van der Waals surface area contributed by atoms with Crippen LogP contribution in [0, 0.1) is 0 Å². The van der Waals surface area contributed by atoms with Crippen molar-refractivity contribution < 1.29 is 19.4 Å². The fourth-order valence-corrected chi connectivity index (χ4v) is 1.74. The molecule has 17 heavy (non-hydrogen) atoms. The average Bonchev–Trinajstić information content (AvgIpc) is 2.29. The molecule has 2 rings (SSSR count). The molecule has 0 heterocycles. The number of carbonyl (C=O) groups is 2. The lowest BCUT2D eigenvalue weighted by atomic mass is 9.89. The van der Waals surface area contributed by atoms with E-state index in [9.17, 15) is 9.59 Å². The Balaban J connectivity index is 2.36. The maximum absolute atomic E-state index is 11.8. The van der Waals surface area contributed by atoms with E-state index >= 15 is 0 Å². The average molecular weight is 230 g/mol. The van der Waals surface area contributed by atoms with Crippen molar-refractivity contribution in [2.45, 2.75) is 5.92 Å². The molecule has 0 saturated heterocycles. The van der Waals surface area contributed by atoms with Gasteiger partial charge >= 0.3 is 6.16 Å². The van der Waals surface area contributed by atoms with Crippen LogP contribution in [0.4, 0.5) is 4.79 Å². The summed E-state index contributed by atoms with van der Waals surface area (Å²) in [6.07, 6.45) is 2.97. The van der Waals surface area contributed by atoms with Crippen molar-refractivity contribution >= 4 is 11.9 Å². The maximum atomic E-state index is 11.8. The predicted octanol–water partition coefficient (Wildman–Crippen LogP) is 2.49. The molecule has 4 nitrogen and oxygen atoms in total. The molecule has 1 unspecified atom stereocenters. The zero-order chi connectivity index (χ0) is 12.3. The topological polar surface area (TPSA) is 63.6 Å². The summed E-state index contributed by atoms with van der Waals surface area (Å²) in [4.78, 5) is 22.3. The Morgan fingerprint density at radius 3 is 2.59 bits per heavy atom. The van der Waals surface area contributed by atoms with E-state index in [1.807, 2.05) is 6.07 Å². The van der Waals surface area contributed by atoms with Crippen molar-refractivity contribution in [1.82, 2.24) is 0 Å². The van der Waals surface area contributed by atoms with Gasteiger partial charge in [-0.15, -0.1) is 0 Å². The monoisotopic (exact) mass is 230 g/mol. The molecular weight excluding hydrogens is 220 g/mol. The van der Waals surface area contributed by atoms with Gasteiger partial charge in [0.05, 0.1) is 0 Å². The van der Waals surface area contributed by atoms with Crippen molar-refractivity contribution in [3.8, 4) is 0 Å². The first-order valence-corrected chi connectivity index (χ1v) is 5.06. The summed E-state index contributed by atoms with van der Waals surface area (Å²) in [7, 11) is 0. The highest BCUT2D eigenvalue weighted by molar-refractivity contribution is 5.99.